The van der Waals surface area contributed by atoms with Crippen LogP contribution in [0.4, 0.5) is 4.39 Å². The van der Waals surface area contributed by atoms with Crippen LogP contribution in [0.3, 0.4) is 0 Å². The number of aldehydes is 1. The number of hydrogen-bond donors (Lipinski definition) is 3. The second-order valence-corrected chi connectivity index (χ2v) is 1230. The fraction of sp³-hybridized carbons (Fsp3) is 0.286. The molecule has 0 aliphatic heterocycles. The molecular formula is C63H66BrFI58O17S5-2. The number of phenols is 2. The van der Waals surface area contributed by atoms with Crippen molar-refractivity contribution in [2.45, 2.75) is 60.7 Å². The SMILES string of the molecule is CC(=O)c1c(O)cccc1F.CCOC(=O)CS.CCOC(=O)c1sc2cccc(O)c2c1C.CCOC(=O)c1sc2cccc(OC)c2c1C.CCOC(=O)c1sc2cccc(OC)c2c1C=O.CCOC(=O)c1sc2cccc(OC)c2c1CBr.II(I)I(I)I(I)I(I)I(I)I(I)I.II(I)I(I)I(I)I(I)I(I)I(I)I(I)I.I[I-]I(I)I(I)I(I)I(I)I(I)I.I[I-]I(I)I(I)I(I)I(I)I(I)I(I)I. The second-order valence-electron chi connectivity index (χ2n) is 21.3. The van der Waals surface area contributed by atoms with E-state index in [1.54, 1.807) is 67.0 Å². The summed E-state index contributed by atoms with van der Waals surface area (Å²) in [5.74, 6) is -0.481. The molecule has 9 rings (SSSR count). The van der Waals surface area contributed by atoms with Crippen LogP contribution in [0.5, 0.6) is 28.7 Å². The number of aromatic hydroxyl groups is 2. The molecule has 0 unspecified atom stereocenters. The Morgan fingerprint density at radius 3 is 0.924 bits per heavy atom. The molecule has 82 heteroatoms. The van der Waals surface area contributed by atoms with Crippen LogP contribution in [0.25, 0.3) is 40.3 Å². The summed E-state index contributed by atoms with van der Waals surface area (Å²) in [6.45, 7) is 15.7. The molecule has 0 atom stereocenters. The Morgan fingerprint density at radius 1 is 0.372 bits per heavy atom. The summed E-state index contributed by atoms with van der Waals surface area (Å²) in [5, 5.41) is 22.7. The predicted molar refractivity (Wildman–Crippen MR) is 1130 cm³/mol. The van der Waals surface area contributed by atoms with Crippen LogP contribution < -0.4 is 40.7 Å². The van der Waals surface area contributed by atoms with Crippen molar-refractivity contribution in [3.8, 4) is 28.7 Å². The summed E-state index contributed by atoms with van der Waals surface area (Å²) in [4.78, 5) is 81.4. The Morgan fingerprint density at radius 2 is 0.634 bits per heavy atom. The van der Waals surface area contributed by atoms with Crippen LogP contribution in [0.2, 0.25) is 0 Å². The number of halogens is 60. The van der Waals surface area contributed by atoms with Gasteiger partial charge in [-0.3, -0.25) is 14.4 Å². The van der Waals surface area contributed by atoms with Crippen molar-refractivity contribution in [3.05, 3.63) is 144 Å². The molecule has 0 aliphatic rings. The van der Waals surface area contributed by atoms with Crippen molar-refractivity contribution < 1.29 is 113 Å². The molecule has 4 aromatic heterocycles. The summed E-state index contributed by atoms with van der Waals surface area (Å²) >= 11 is 108. The Balaban J connectivity index is 0.00000160. The van der Waals surface area contributed by atoms with E-state index in [1.165, 1.54) is 71.5 Å². The second kappa shape index (κ2) is 106. The molecule has 17 nitrogen and oxygen atoms in total. The number of esters is 5. The van der Waals surface area contributed by atoms with E-state index in [9.17, 15) is 43.1 Å². The molecule has 0 radical (unpaired) electrons. The van der Waals surface area contributed by atoms with E-state index in [2.05, 4.69) is 629 Å². The number of phenolic OH excluding ortho intramolecular Hbond substituents is 2. The number of carbonyl (C=O) groups is 7. The van der Waals surface area contributed by atoms with Gasteiger partial charge in [0.15, 0.2) is 12.1 Å². The van der Waals surface area contributed by atoms with Crippen molar-refractivity contribution in [1.82, 2.24) is 0 Å². The van der Waals surface area contributed by atoms with Crippen molar-refractivity contribution in [1.29, 1.82) is 0 Å². The number of alkyl halides is 1. The fourth-order valence-electron chi connectivity index (χ4n) is 8.70. The summed E-state index contributed by atoms with van der Waals surface area (Å²) in [7, 11) is -3.56. The normalized spacial score (nSPS) is 13.0. The van der Waals surface area contributed by atoms with Gasteiger partial charge in [0, 0.05) is 45.7 Å². The van der Waals surface area contributed by atoms with Gasteiger partial charge in [0.05, 0.1) is 71.2 Å². The third-order valence-corrected chi connectivity index (χ3v) is 3490. The molecule has 0 saturated heterocycles. The van der Waals surface area contributed by atoms with Crippen LogP contribution in [0, 0.1) is 19.7 Å². The number of ether oxygens (including phenoxy) is 8. The van der Waals surface area contributed by atoms with Gasteiger partial charge >= 0.3 is 842 Å². The van der Waals surface area contributed by atoms with E-state index < -0.39 is 57.0 Å². The zero-order chi connectivity index (χ0) is 112. The van der Waals surface area contributed by atoms with Gasteiger partial charge in [0.2, 0.25) is 0 Å². The number of ketones is 1. The van der Waals surface area contributed by atoms with Crippen LogP contribution in [-0.2, 0) is 33.8 Å². The van der Waals surface area contributed by atoms with Gasteiger partial charge in [0.25, 0.3) is 0 Å². The molecule has 872 valence electrons. The Hall–Kier alpha value is 34.7. The quantitative estimate of drug-likeness (QED) is 0.00621. The first kappa shape index (κ1) is 180. The monoisotopic (exact) mass is 8710 g/mol. The van der Waals surface area contributed by atoms with Crippen LogP contribution in [0.1, 0.15) is 118 Å². The van der Waals surface area contributed by atoms with Crippen molar-refractivity contribution in [2.75, 3.05) is 60.1 Å². The average Bonchev–Trinajstić information content (AvgIpc) is 1.63. The number of fused-ring (bicyclic) bond motifs is 4. The fourth-order valence-corrected chi connectivity index (χ4v) is 7140. The zero-order valence-electron chi connectivity index (χ0n) is 71.5. The van der Waals surface area contributed by atoms with Gasteiger partial charge in [-0.05, 0) is 133 Å². The van der Waals surface area contributed by atoms with Gasteiger partial charge in [-0.2, -0.15) is 12.6 Å². The molecule has 145 heavy (non-hydrogen) atoms. The third-order valence-electron chi connectivity index (χ3n) is 13.6. The van der Waals surface area contributed by atoms with Gasteiger partial charge in [-0.1, -0.05) is 46.3 Å². The van der Waals surface area contributed by atoms with E-state index in [0.29, 0.717) is 101 Å². The number of methoxy groups -OCH3 is 3. The third kappa shape index (κ3) is 69.3. The maximum atomic E-state index is 12.7. The van der Waals surface area contributed by atoms with E-state index in [-0.39, 0.29) is 203 Å². The molecule has 0 spiro atoms. The molecule has 5 aromatic carbocycles. The molecule has 0 fully saturated rings. The van der Waals surface area contributed by atoms with E-state index in [4.69, 9.17) is 38.3 Å². The van der Waals surface area contributed by atoms with Gasteiger partial charge in [-0.25, -0.2) is 23.6 Å². The van der Waals surface area contributed by atoms with Gasteiger partial charge in [-0.15, -0.1) is 45.3 Å². The number of thiol groups is 1. The zero-order valence-corrected chi connectivity index (χ0v) is 202. The minimum atomic E-state index is -0.683. The maximum absolute atomic E-state index is 12.7. The summed E-state index contributed by atoms with van der Waals surface area (Å²) in [6, 6.07) is 26.1. The number of benzene rings is 5. The number of Topliss-reactive ketones (excluding diaryl/α,β-unsaturated/α-hetero) is 1. The number of rotatable bonds is 38. The molecule has 0 saturated carbocycles. The van der Waals surface area contributed by atoms with Crippen molar-refractivity contribution >= 4 is 941 Å². The van der Waals surface area contributed by atoms with Crippen LogP contribution in [-0.4, -0.2) is 112 Å². The minimum absolute atomic E-state index is 0.174. The number of thiophene rings is 4. The standard InChI is InChI=1S/C13H13BrO3S.C13H12O4S.C13H14O3S.C12H12O3S.C8H7FO2.C4H8O2S.I16.I15.I14.I13/c2*1-3-17-13(15)12-8(7-14)11-9(16-2)5-4-6-10(11)18-12;1-4-16-13(14)12-8(2)11-9(15-3)6-5-7-10(11)17-12;1-3-15-12(14)11-7(2)10-8(13)5-4-6-9(10)16-11;1-5(10)8-6(9)3-2-4-7(8)11;1-2-6-4(5)3-7;1-10(2)12(5)14(7)16(9)15(8)13(6)11(3)4;1-9-11(4)13(6)15(8)14(7)12(5)10(2)3;1-9(2)11(5)13(7)14(8)12(6)10(3)4;1-8-10(4)12(6)13(7)11(5)9(2)3/h4-6H,3,7H2,1-2H3;4-7H,3H2,1-2H3;5-7H,4H2,1-3H3;4-6,13H,3H2,1-2H3;2-4,11H,1H3;7H,2-3H2,1H3;;;;/q;;;;;;;-1;;-1. The number of aryl methyl sites for hydroxylation is 2. The first-order valence-corrected chi connectivity index (χ1v) is 379. The molecule has 0 amide bonds. The van der Waals surface area contributed by atoms with Crippen molar-refractivity contribution in [2.24, 2.45) is 0 Å². The van der Waals surface area contributed by atoms with Crippen LogP contribution >= 0.6 is 859 Å². The molecule has 0 bridgehead atoms. The average molecular weight is 8710 g/mol. The molecule has 2 N–H and O–H groups in total. The first-order chi connectivity index (χ1) is 67.9. The number of carbonyl (C=O) groups excluding carboxylic acids is 7. The summed E-state index contributed by atoms with van der Waals surface area (Å²) < 4.78 is 56.9. The van der Waals surface area contributed by atoms with Crippen LogP contribution in [0.15, 0.2) is 91.0 Å². The Bertz CT molecular complexity index is 5330. The molecular weight excluding hydrogens is 8650 g/mol. The Labute approximate surface area is 1300 Å². The molecule has 0 aliphatic carbocycles. The number of hydrogen-bond acceptors (Lipinski definition) is 22. The Kier molecular flexibility index (Phi) is 131. The summed E-state index contributed by atoms with van der Waals surface area (Å²) in [5.41, 5.74) is 2.75. The van der Waals surface area contributed by atoms with E-state index >= 15 is 0 Å². The molecule has 9 aromatic rings. The first-order valence-electron chi connectivity index (χ1n) is 34.3. The predicted octanol–water partition coefficient (Wildman–Crippen LogP) is 59.2. The topological polar surface area (TPSA) is 234 Å². The van der Waals surface area contributed by atoms with Gasteiger partial charge in [0.1, 0.15) is 54.1 Å². The van der Waals surface area contributed by atoms with Crippen molar-refractivity contribution in [3.63, 3.8) is 0 Å². The van der Waals surface area contributed by atoms with Gasteiger partial charge < -0.3 is 48.1 Å². The van der Waals surface area contributed by atoms with E-state index in [1.807, 2.05) is 68.4 Å². The summed E-state index contributed by atoms with van der Waals surface area (Å²) in [6.07, 6.45) is 0.674. The van der Waals surface area contributed by atoms with E-state index in [0.717, 1.165) is 69.2 Å². The molecule has 4 heterocycles.